The van der Waals surface area contributed by atoms with Gasteiger partial charge in [0.15, 0.2) is 0 Å². The molecule has 0 spiro atoms. The van der Waals surface area contributed by atoms with E-state index in [2.05, 4.69) is 5.48 Å². The maximum absolute atomic E-state index is 10.7. The van der Waals surface area contributed by atoms with Crippen LogP contribution in [-0.4, -0.2) is 17.7 Å². The Labute approximate surface area is 80.1 Å². The Morgan fingerprint density at radius 2 is 2.54 bits per heavy atom. The second-order valence-corrected chi connectivity index (χ2v) is 3.25. The number of rotatable bonds is 5. The summed E-state index contributed by atoms with van der Waals surface area (Å²) in [7, 11) is 0. The van der Waals surface area contributed by atoms with Gasteiger partial charge in [-0.1, -0.05) is 0 Å². The summed E-state index contributed by atoms with van der Waals surface area (Å²) in [6, 6.07) is 1.78. The van der Waals surface area contributed by atoms with Crippen molar-refractivity contribution < 1.29 is 14.7 Å². The van der Waals surface area contributed by atoms with Gasteiger partial charge in [-0.3, -0.25) is 0 Å². The molecule has 4 nitrogen and oxygen atoms in total. The van der Waals surface area contributed by atoms with E-state index in [-0.39, 0.29) is 0 Å². The summed E-state index contributed by atoms with van der Waals surface area (Å²) in [5.74, 6) is -0.886. The minimum Gasteiger partial charge on any atom is -0.477 e. The monoisotopic (exact) mass is 201 g/mol. The van der Waals surface area contributed by atoms with Crippen molar-refractivity contribution in [2.24, 2.45) is 0 Å². The summed E-state index contributed by atoms with van der Waals surface area (Å²) in [5.41, 5.74) is 3.43. The van der Waals surface area contributed by atoms with Crippen LogP contribution in [0, 0.1) is 0 Å². The van der Waals surface area contributed by atoms with Crippen LogP contribution in [0.3, 0.4) is 0 Å². The molecule has 13 heavy (non-hydrogen) atoms. The molecule has 0 aliphatic rings. The first-order valence-corrected chi connectivity index (χ1v) is 4.78. The van der Waals surface area contributed by atoms with Gasteiger partial charge in [0.1, 0.15) is 4.88 Å². The fourth-order valence-corrected chi connectivity index (χ4v) is 1.65. The Morgan fingerprint density at radius 1 is 1.77 bits per heavy atom. The SMILES string of the molecule is CCONCc1ccsc1C(=O)O. The largest absolute Gasteiger partial charge is 0.477 e. The highest BCUT2D eigenvalue weighted by Crippen LogP contribution is 2.16. The van der Waals surface area contributed by atoms with Gasteiger partial charge in [0, 0.05) is 6.54 Å². The van der Waals surface area contributed by atoms with Crippen LogP contribution in [0.1, 0.15) is 22.2 Å². The summed E-state index contributed by atoms with van der Waals surface area (Å²) in [4.78, 5) is 15.9. The second kappa shape index (κ2) is 4.96. The van der Waals surface area contributed by atoms with Gasteiger partial charge < -0.3 is 9.94 Å². The first-order chi connectivity index (χ1) is 6.25. The summed E-state index contributed by atoms with van der Waals surface area (Å²) in [6.45, 7) is 2.85. The van der Waals surface area contributed by atoms with Crippen molar-refractivity contribution in [3.63, 3.8) is 0 Å². The van der Waals surface area contributed by atoms with Gasteiger partial charge in [0.2, 0.25) is 0 Å². The Hall–Kier alpha value is -0.910. The molecule has 0 aliphatic carbocycles. The van der Waals surface area contributed by atoms with Gasteiger partial charge in [-0.2, -0.15) is 5.48 Å². The normalized spacial score (nSPS) is 10.2. The van der Waals surface area contributed by atoms with Crippen molar-refractivity contribution in [2.75, 3.05) is 6.61 Å². The number of thiophene rings is 1. The smallest absolute Gasteiger partial charge is 0.346 e. The van der Waals surface area contributed by atoms with Crippen molar-refractivity contribution in [1.82, 2.24) is 5.48 Å². The molecule has 5 heteroatoms. The molecule has 0 fully saturated rings. The van der Waals surface area contributed by atoms with E-state index in [0.717, 1.165) is 5.56 Å². The first-order valence-electron chi connectivity index (χ1n) is 3.90. The van der Waals surface area contributed by atoms with Crippen molar-refractivity contribution in [1.29, 1.82) is 0 Å². The number of hydrogen-bond acceptors (Lipinski definition) is 4. The molecular weight excluding hydrogens is 190 g/mol. The number of carbonyl (C=O) groups is 1. The highest BCUT2D eigenvalue weighted by atomic mass is 32.1. The summed E-state index contributed by atoms with van der Waals surface area (Å²) >= 11 is 1.22. The Morgan fingerprint density at radius 3 is 3.15 bits per heavy atom. The highest BCUT2D eigenvalue weighted by molar-refractivity contribution is 7.12. The van der Waals surface area contributed by atoms with E-state index in [9.17, 15) is 4.79 Å². The molecule has 1 rings (SSSR count). The Balaban J connectivity index is 2.55. The fraction of sp³-hybridized carbons (Fsp3) is 0.375. The zero-order chi connectivity index (χ0) is 9.68. The maximum Gasteiger partial charge on any atom is 0.346 e. The van der Waals surface area contributed by atoms with Crippen LogP contribution in [0.25, 0.3) is 0 Å². The molecule has 1 heterocycles. The summed E-state index contributed by atoms with van der Waals surface area (Å²) in [5, 5.41) is 10.5. The molecule has 0 bridgehead atoms. The van der Waals surface area contributed by atoms with E-state index in [1.54, 1.807) is 11.4 Å². The molecule has 1 aromatic heterocycles. The van der Waals surface area contributed by atoms with Crippen LogP contribution in [0.2, 0.25) is 0 Å². The predicted molar refractivity (Wildman–Crippen MR) is 49.7 cm³/mol. The van der Waals surface area contributed by atoms with Crippen LogP contribution in [0.5, 0.6) is 0 Å². The molecule has 2 N–H and O–H groups in total. The van der Waals surface area contributed by atoms with Gasteiger partial charge in [0.25, 0.3) is 0 Å². The van der Waals surface area contributed by atoms with Gasteiger partial charge in [-0.05, 0) is 23.9 Å². The molecule has 0 aromatic carbocycles. The zero-order valence-corrected chi connectivity index (χ0v) is 8.06. The molecular formula is C8H11NO3S. The van der Waals surface area contributed by atoms with Crippen molar-refractivity contribution in [2.45, 2.75) is 13.5 Å². The minimum absolute atomic E-state index is 0.368. The molecule has 0 atom stereocenters. The number of carboxylic acid groups (broad SMARTS) is 1. The van der Waals surface area contributed by atoms with Crippen molar-refractivity contribution in [3.8, 4) is 0 Å². The van der Waals surface area contributed by atoms with E-state index in [4.69, 9.17) is 9.94 Å². The predicted octanol–water partition coefficient (Wildman–Crippen LogP) is 1.49. The van der Waals surface area contributed by atoms with E-state index < -0.39 is 5.97 Å². The minimum atomic E-state index is -0.886. The van der Waals surface area contributed by atoms with Crippen LogP contribution in [-0.2, 0) is 11.4 Å². The number of hydroxylamine groups is 1. The lowest BCUT2D eigenvalue weighted by Gasteiger charge is -2.02. The molecule has 0 saturated carbocycles. The lowest BCUT2D eigenvalue weighted by atomic mass is 10.2. The third kappa shape index (κ3) is 2.80. The molecule has 0 amide bonds. The third-order valence-electron chi connectivity index (χ3n) is 1.45. The number of nitrogens with one attached hydrogen (secondary N) is 1. The fourth-order valence-electron chi connectivity index (χ4n) is 0.893. The summed E-state index contributed by atoms with van der Waals surface area (Å²) in [6.07, 6.45) is 0. The van der Waals surface area contributed by atoms with Crippen LogP contribution < -0.4 is 5.48 Å². The molecule has 1 aromatic rings. The lowest BCUT2D eigenvalue weighted by molar-refractivity contribution is 0.0459. The van der Waals surface area contributed by atoms with Crippen LogP contribution in [0.15, 0.2) is 11.4 Å². The Kier molecular flexibility index (Phi) is 3.88. The number of carboxylic acids is 1. The van der Waals surface area contributed by atoms with E-state index in [1.807, 2.05) is 6.92 Å². The maximum atomic E-state index is 10.7. The van der Waals surface area contributed by atoms with E-state index >= 15 is 0 Å². The van der Waals surface area contributed by atoms with E-state index in [0.29, 0.717) is 18.0 Å². The van der Waals surface area contributed by atoms with Gasteiger partial charge in [-0.15, -0.1) is 11.3 Å². The number of aromatic carboxylic acids is 1. The average molecular weight is 201 g/mol. The summed E-state index contributed by atoms with van der Waals surface area (Å²) < 4.78 is 0. The molecule has 0 unspecified atom stereocenters. The quantitative estimate of drug-likeness (QED) is 0.559. The van der Waals surface area contributed by atoms with Crippen LogP contribution >= 0.6 is 11.3 Å². The van der Waals surface area contributed by atoms with E-state index in [1.165, 1.54) is 11.3 Å². The topological polar surface area (TPSA) is 58.6 Å². The average Bonchev–Trinajstić information content (AvgIpc) is 2.53. The molecule has 0 aliphatic heterocycles. The second-order valence-electron chi connectivity index (χ2n) is 2.33. The highest BCUT2D eigenvalue weighted by Gasteiger charge is 2.10. The zero-order valence-electron chi connectivity index (χ0n) is 7.24. The molecule has 0 radical (unpaired) electrons. The van der Waals surface area contributed by atoms with Crippen molar-refractivity contribution >= 4 is 17.3 Å². The standard InChI is InChI=1S/C8H11NO3S/c1-2-12-9-5-6-3-4-13-7(6)8(10)11/h3-4,9H,2,5H2,1H3,(H,10,11). The number of hydrogen-bond donors (Lipinski definition) is 2. The molecule has 72 valence electrons. The molecule has 0 saturated heterocycles. The van der Waals surface area contributed by atoms with Gasteiger partial charge >= 0.3 is 5.97 Å². The van der Waals surface area contributed by atoms with Gasteiger partial charge in [-0.25, -0.2) is 4.79 Å². The lowest BCUT2D eigenvalue weighted by Crippen LogP contribution is -2.14. The first kappa shape index (κ1) is 10.2. The van der Waals surface area contributed by atoms with Crippen LogP contribution in [0.4, 0.5) is 0 Å². The Bertz CT molecular complexity index is 285. The van der Waals surface area contributed by atoms with Gasteiger partial charge in [0.05, 0.1) is 6.61 Å². The van der Waals surface area contributed by atoms with Crippen molar-refractivity contribution in [3.05, 3.63) is 21.9 Å². The third-order valence-corrected chi connectivity index (χ3v) is 2.39.